The van der Waals surface area contributed by atoms with Gasteiger partial charge in [-0.05, 0) is 19.4 Å². The van der Waals surface area contributed by atoms with Gasteiger partial charge in [0.1, 0.15) is 0 Å². The molecule has 1 amide bonds. The summed E-state index contributed by atoms with van der Waals surface area (Å²) in [4.78, 5) is 10.9. The molecule has 0 saturated carbocycles. The third-order valence-electron chi connectivity index (χ3n) is 1.49. The van der Waals surface area contributed by atoms with Crippen molar-refractivity contribution in [2.45, 2.75) is 19.3 Å². The molecule has 0 heterocycles. The molecular weight excluding hydrogens is 156 g/mol. The zero-order chi connectivity index (χ0) is 9.23. The van der Waals surface area contributed by atoms with E-state index in [9.17, 15) is 4.79 Å². The third-order valence-corrected chi connectivity index (χ3v) is 1.49. The number of hydrogen-bond acceptors (Lipinski definition) is 3. The van der Waals surface area contributed by atoms with Crippen LogP contribution in [0.2, 0.25) is 0 Å². The fourth-order valence-corrected chi connectivity index (χ4v) is 0.780. The number of amides is 1. The zero-order valence-electron chi connectivity index (χ0n) is 7.64. The highest BCUT2D eigenvalue weighted by atomic mass is 16.5. The molecule has 0 aliphatic heterocycles. The van der Waals surface area contributed by atoms with Crippen molar-refractivity contribution in [1.29, 1.82) is 0 Å². The van der Waals surface area contributed by atoms with E-state index in [0.717, 1.165) is 19.4 Å². The fourth-order valence-electron chi connectivity index (χ4n) is 0.780. The number of rotatable bonds is 7. The Morgan fingerprint density at radius 1 is 1.50 bits per heavy atom. The van der Waals surface area contributed by atoms with E-state index in [2.05, 4.69) is 5.32 Å². The van der Waals surface area contributed by atoms with Gasteiger partial charge in [0.15, 0.2) is 0 Å². The second kappa shape index (κ2) is 8.49. The second-order valence-electron chi connectivity index (χ2n) is 2.59. The molecule has 4 nitrogen and oxygen atoms in total. The summed E-state index contributed by atoms with van der Waals surface area (Å²) in [6, 6.07) is 0. The van der Waals surface area contributed by atoms with Crippen molar-refractivity contribution in [3.8, 4) is 0 Å². The molecule has 0 unspecified atom stereocenters. The molecule has 0 rings (SSSR count). The van der Waals surface area contributed by atoms with Gasteiger partial charge in [0, 0.05) is 20.1 Å². The summed E-state index contributed by atoms with van der Waals surface area (Å²) in [5, 5.41) is 2.78. The van der Waals surface area contributed by atoms with E-state index < -0.39 is 0 Å². The first kappa shape index (κ1) is 11.4. The van der Waals surface area contributed by atoms with Gasteiger partial charge in [-0.1, -0.05) is 0 Å². The van der Waals surface area contributed by atoms with Gasteiger partial charge in [-0.15, -0.1) is 0 Å². The van der Waals surface area contributed by atoms with Gasteiger partial charge >= 0.3 is 0 Å². The summed E-state index contributed by atoms with van der Waals surface area (Å²) >= 11 is 0. The summed E-state index contributed by atoms with van der Waals surface area (Å²) in [7, 11) is 1.59. The highest BCUT2D eigenvalue weighted by Gasteiger charge is 1.97. The molecule has 0 aromatic rings. The number of unbranched alkanes of at least 4 members (excludes halogenated alkanes) is 1. The van der Waals surface area contributed by atoms with E-state index in [1.54, 1.807) is 7.11 Å². The number of carbonyl (C=O) groups is 1. The summed E-state index contributed by atoms with van der Waals surface area (Å²) in [5.41, 5.74) is 5.29. The van der Waals surface area contributed by atoms with Gasteiger partial charge in [-0.2, -0.15) is 0 Å². The first-order chi connectivity index (χ1) is 5.81. The van der Waals surface area contributed by atoms with Crippen LogP contribution in [0.3, 0.4) is 0 Å². The lowest BCUT2D eigenvalue weighted by atomic mass is 10.3. The molecule has 0 spiro atoms. The number of hydrogen-bond donors (Lipinski definition) is 2. The number of methoxy groups -OCH3 is 1. The first-order valence-corrected chi connectivity index (χ1v) is 4.27. The van der Waals surface area contributed by atoms with E-state index in [1.807, 2.05) is 0 Å². The number of carbonyl (C=O) groups excluding carboxylic acids is 1. The SMILES string of the molecule is COCCC(=O)NCCCCN. The van der Waals surface area contributed by atoms with Crippen molar-refractivity contribution in [1.82, 2.24) is 5.32 Å². The van der Waals surface area contributed by atoms with Crippen molar-refractivity contribution in [2.24, 2.45) is 5.73 Å². The van der Waals surface area contributed by atoms with Crippen LogP contribution in [-0.2, 0) is 9.53 Å². The van der Waals surface area contributed by atoms with E-state index in [4.69, 9.17) is 10.5 Å². The van der Waals surface area contributed by atoms with Crippen LogP contribution in [-0.4, -0.2) is 32.7 Å². The van der Waals surface area contributed by atoms with Gasteiger partial charge in [0.2, 0.25) is 5.91 Å². The molecule has 0 aromatic carbocycles. The molecule has 0 atom stereocenters. The minimum atomic E-state index is 0.0499. The molecule has 4 heteroatoms. The maximum absolute atomic E-state index is 10.9. The van der Waals surface area contributed by atoms with E-state index in [-0.39, 0.29) is 5.91 Å². The van der Waals surface area contributed by atoms with E-state index >= 15 is 0 Å². The minimum absolute atomic E-state index is 0.0499. The highest BCUT2D eigenvalue weighted by molar-refractivity contribution is 5.75. The molecule has 0 radical (unpaired) electrons. The zero-order valence-corrected chi connectivity index (χ0v) is 7.64. The Balaban J connectivity index is 3.08. The molecule has 3 N–H and O–H groups in total. The van der Waals surface area contributed by atoms with Crippen molar-refractivity contribution in [3.05, 3.63) is 0 Å². The van der Waals surface area contributed by atoms with Crippen LogP contribution >= 0.6 is 0 Å². The van der Waals surface area contributed by atoms with Crippen LogP contribution < -0.4 is 11.1 Å². The Morgan fingerprint density at radius 2 is 2.25 bits per heavy atom. The second-order valence-corrected chi connectivity index (χ2v) is 2.59. The molecule has 12 heavy (non-hydrogen) atoms. The third kappa shape index (κ3) is 7.50. The van der Waals surface area contributed by atoms with Crippen LogP contribution in [0.1, 0.15) is 19.3 Å². The summed E-state index contributed by atoms with van der Waals surface area (Å²) in [6.07, 6.45) is 2.36. The van der Waals surface area contributed by atoms with Crippen LogP contribution in [0, 0.1) is 0 Å². The van der Waals surface area contributed by atoms with Gasteiger partial charge < -0.3 is 15.8 Å². The van der Waals surface area contributed by atoms with Gasteiger partial charge in [0.25, 0.3) is 0 Å². The van der Waals surface area contributed by atoms with Crippen LogP contribution in [0.5, 0.6) is 0 Å². The topological polar surface area (TPSA) is 64.3 Å². The van der Waals surface area contributed by atoms with Gasteiger partial charge in [-0.3, -0.25) is 4.79 Å². The van der Waals surface area contributed by atoms with Crippen molar-refractivity contribution in [3.63, 3.8) is 0 Å². The van der Waals surface area contributed by atoms with Crippen molar-refractivity contribution >= 4 is 5.91 Å². The highest BCUT2D eigenvalue weighted by Crippen LogP contribution is 1.84. The van der Waals surface area contributed by atoms with E-state index in [1.165, 1.54) is 0 Å². The number of nitrogens with one attached hydrogen (secondary N) is 1. The average molecular weight is 174 g/mol. The molecule has 72 valence electrons. The normalized spacial score (nSPS) is 9.83. The predicted molar refractivity (Wildman–Crippen MR) is 47.8 cm³/mol. The Bertz CT molecular complexity index is 118. The molecule has 0 saturated heterocycles. The Kier molecular flexibility index (Phi) is 8.05. The lowest BCUT2D eigenvalue weighted by Gasteiger charge is -2.03. The molecule has 0 aromatic heterocycles. The number of nitrogens with two attached hydrogens (primary N) is 1. The first-order valence-electron chi connectivity index (χ1n) is 4.27. The Morgan fingerprint density at radius 3 is 2.83 bits per heavy atom. The largest absolute Gasteiger partial charge is 0.384 e. The summed E-state index contributed by atoms with van der Waals surface area (Å²) in [5.74, 6) is 0.0499. The molecule has 0 bridgehead atoms. The quantitative estimate of drug-likeness (QED) is 0.529. The molecule has 0 aliphatic carbocycles. The van der Waals surface area contributed by atoms with Crippen molar-refractivity contribution < 1.29 is 9.53 Å². The molecule has 0 fully saturated rings. The van der Waals surface area contributed by atoms with Crippen molar-refractivity contribution in [2.75, 3.05) is 26.8 Å². The van der Waals surface area contributed by atoms with Gasteiger partial charge in [-0.25, -0.2) is 0 Å². The van der Waals surface area contributed by atoms with E-state index in [0.29, 0.717) is 19.6 Å². The minimum Gasteiger partial charge on any atom is -0.384 e. The Labute approximate surface area is 73.5 Å². The lowest BCUT2D eigenvalue weighted by Crippen LogP contribution is -2.25. The monoisotopic (exact) mass is 174 g/mol. The summed E-state index contributed by atoms with van der Waals surface area (Å²) in [6.45, 7) is 1.90. The summed E-state index contributed by atoms with van der Waals surface area (Å²) < 4.78 is 4.76. The van der Waals surface area contributed by atoms with Crippen LogP contribution in [0.25, 0.3) is 0 Å². The molecule has 0 aliphatic rings. The van der Waals surface area contributed by atoms with Gasteiger partial charge in [0.05, 0.1) is 6.61 Å². The Hall–Kier alpha value is -0.610. The maximum Gasteiger partial charge on any atom is 0.222 e. The fraction of sp³-hybridized carbons (Fsp3) is 0.875. The molecular formula is C8H18N2O2. The maximum atomic E-state index is 10.9. The van der Waals surface area contributed by atoms with Crippen LogP contribution in [0.4, 0.5) is 0 Å². The number of ether oxygens (including phenoxy) is 1. The van der Waals surface area contributed by atoms with Crippen LogP contribution in [0.15, 0.2) is 0 Å². The smallest absolute Gasteiger partial charge is 0.222 e. The standard InChI is InChI=1S/C8H18N2O2/c1-12-7-4-8(11)10-6-3-2-5-9/h2-7,9H2,1H3,(H,10,11). The average Bonchev–Trinajstić information content (AvgIpc) is 2.09. The lowest BCUT2D eigenvalue weighted by molar-refractivity contribution is -0.121. The predicted octanol–water partition coefficient (Wildman–Crippen LogP) is -0.122.